The van der Waals surface area contributed by atoms with Crippen LogP contribution in [0.1, 0.15) is 27.7 Å². The van der Waals surface area contributed by atoms with Gasteiger partial charge in [0.1, 0.15) is 5.76 Å². The number of hydrogen-bond acceptors (Lipinski definition) is 2. The van der Waals surface area contributed by atoms with E-state index in [4.69, 9.17) is 0 Å². The van der Waals surface area contributed by atoms with Crippen molar-refractivity contribution in [3.63, 3.8) is 0 Å². The average Bonchev–Trinajstić information content (AvgIpc) is 2.01. The Kier molecular flexibility index (Phi) is 4.34. The molecule has 0 rings (SSSR count). The van der Waals surface area contributed by atoms with Gasteiger partial charge in [0.15, 0.2) is 0 Å². The molecule has 1 atom stereocenters. The summed E-state index contributed by atoms with van der Waals surface area (Å²) in [6.07, 6.45) is 3.62. The number of aliphatic hydroxyl groups excluding tert-OH is 1. The highest BCUT2D eigenvalue weighted by molar-refractivity contribution is 7.82. The van der Waals surface area contributed by atoms with Crippen LogP contribution in [0.15, 0.2) is 35.6 Å². The van der Waals surface area contributed by atoms with Gasteiger partial charge in [0, 0.05) is 0 Å². The summed E-state index contributed by atoms with van der Waals surface area (Å²) < 4.78 is -0.600. The molecule has 0 saturated carbocycles. The summed E-state index contributed by atoms with van der Waals surface area (Å²) in [4.78, 5) is 0. The van der Waals surface area contributed by atoms with E-state index in [9.17, 15) is 5.11 Å². The molecule has 0 aliphatic heterocycles. The minimum absolute atomic E-state index is 0.303. The Morgan fingerprint density at radius 2 is 1.85 bits per heavy atom. The zero-order valence-electron chi connectivity index (χ0n) is 8.76. The summed E-state index contributed by atoms with van der Waals surface area (Å²) >= 11 is 4.38. The highest BCUT2D eigenvalue weighted by Crippen LogP contribution is 2.27. The minimum Gasteiger partial charge on any atom is -0.511 e. The van der Waals surface area contributed by atoms with Gasteiger partial charge in [0.05, 0.1) is 4.75 Å². The maximum atomic E-state index is 9.72. The molecule has 0 aromatic carbocycles. The molecule has 1 nitrogen and oxygen atoms in total. The largest absolute Gasteiger partial charge is 0.511 e. The van der Waals surface area contributed by atoms with E-state index >= 15 is 0 Å². The van der Waals surface area contributed by atoms with Crippen molar-refractivity contribution in [3.8, 4) is 0 Å². The molecule has 0 aromatic rings. The Labute approximate surface area is 86.3 Å². The van der Waals surface area contributed by atoms with Gasteiger partial charge in [-0.1, -0.05) is 24.3 Å². The highest BCUT2D eigenvalue weighted by Gasteiger charge is 2.22. The number of rotatable bonds is 3. The van der Waals surface area contributed by atoms with Crippen molar-refractivity contribution >= 4 is 12.6 Å². The lowest BCUT2D eigenvalue weighted by atomic mass is 10.0. The lowest BCUT2D eigenvalue weighted by Crippen LogP contribution is -2.18. The van der Waals surface area contributed by atoms with Crippen LogP contribution >= 0.6 is 12.6 Å². The summed E-state index contributed by atoms with van der Waals surface area (Å²) in [5.74, 6) is 0.303. The molecule has 74 valence electrons. The maximum Gasteiger partial charge on any atom is 0.110 e. The molecular formula is C11H18OS. The third kappa shape index (κ3) is 3.73. The SMILES string of the molecule is C=CC(C)=CC(C)(S)C(O)=C(C)C. The monoisotopic (exact) mass is 198 g/mol. The van der Waals surface area contributed by atoms with Crippen LogP contribution in [0.3, 0.4) is 0 Å². The smallest absolute Gasteiger partial charge is 0.110 e. The first-order valence-electron chi connectivity index (χ1n) is 4.22. The molecule has 13 heavy (non-hydrogen) atoms. The van der Waals surface area contributed by atoms with E-state index in [2.05, 4.69) is 19.2 Å². The van der Waals surface area contributed by atoms with Crippen LogP contribution in [0.2, 0.25) is 0 Å². The summed E-state index contributed by atoms with van der Waals surface area (Å²) in [7, 11) is 0. The fourth-order valence-electron chi connectivity index (χ4n) is 1.08. The van der Waals surface area contributed by atoms with Crippen LogP contribution in [0.4, 0.5) is 0 Å². The lowest BCUT2D eigenvalue weighted by molar-refractivity contribution is 0.371. The molecular weight excluding hydrogens is 180 g/mol. The standard InChI is InChI=1S/C11H18OS/c1-6-9(4)7-11(5,13)10(12)8(2)3/h6-7,12-13H,1H2,2-5H3. The molecule has 0 heterocycles. The molecule has 1 unspecified atom stereocenters. The maximum absolute atomic E-state index is 9.72. The Bertz CT molecular complexity index is 255. The summed E-state index contributed by atoms with van der Waals surface area (Å²) in [6, 6.07) is 0. The summed E-state index contributed by atoms with van der Waals surface area (Å²) in [6.45, 7) is 11.2. The Balaban J connectivity index is 4.99. The van der Waals surface area contributed by atoms with Crippen molar-refractivity contribution in [1.29, 1.82) is 0 Å². The van der Waals surface area contributed by atoms with Crippen molar-refractivity contribution < 1.29 is 5.11 Å². The summed E-state index contributed by atoms with van der Waals surface area (Å²) in [5.41, 5.74) is 1.89. The third-order valence-corrected chi connectivity index (χ3v) is 2.12. The van der Waals surface area contributed by atoms with Gasteiger partial charge in [-0.15, -0.1) is 0 Å². The third-order valence-electron chi connectivity index (χ3n) is 1.78. The fourth-order valence-corrected chi connectivity index (χ4v) is 1.50. The van der Waals surface area contributed by atoms with Crippen molar-refractivity contribution in [2.45, 2.75) is 32.4 Å². The van der Waals surface area contributed by atoms with Crippen LogP contribution in [0, 0.1) is 0 Å². The molecule has 0 saturated heterocycles. The average molecular weight is 198 g/mol. The van der Waals surface area contributed by atoms with Gasteiger partial charge in [-0.25, -0.2) is 0 Å². The molecule has 0 aromatic heterocycles. The van der Waals surface area contributed by atoms with E-state index in [1.54, 1.807) is 6.08 Å². The molecule has 1 N–H and O–H groups in total. The van der Waals surface area contributed by atoms with Crippen molar-refractivity contribution in [1.82, 2.24) is 0 Å². The molecule has 0 spiro atoms. The van der Waals surface area contributed by atoms with Crippen molar-refractivity contribution in [2.75, 3.05) is 0 Å². The predicted molar refractivity (Wildman–Crippen MR) is 62.3 cm³/mol. The molecule has 0 aliphatic carbocycles. The van der Waals surface area contributed by atoms with E-state index in [1.807, 2.05) is 33.8 Å². The van der Waals surface area contributed by atoms with E-state index in [1.165, 1.54) is 0 Å². The molecule has 0 bridgehead atoms. The normalized spacial score (nSPS) is 16.2. The van der Waals surface area contributed by atoms with E-state index in [0.29, 0.717) is 5.76 Å². The topological polar surface area (TPSA) is 20.2 Å². The number of thiol groups is 1. The van der Waals surface area contributed by atoms with Gasteiger partial charge in [0.2, 0.25) is 0 Å². The fraction of sp³-hybridized carbons (Fsp3) is 0.455. The highest BCUT2D eigenvalue weighted by atomic mass is 32.1. The van der Waals surface area contributed by atoms with E-state index in [-0.39, 0.29) is 0 Å². The van der Waals surface area contributed by atoms with Crippen molar-refractivity contribution in [2.24, 2.45) is 0 Å². The molecule has 0 aliphatic rings. The van der Waals surface area contributed by atoms with Gasteiger partial charge in [0.25, 0.3) is 0 Å². The van der Waals surface area contributed by atoms with Gasteiger partial charge >= 0.3 is 0 Å². The second-order valence-corrected chi connectivity index (χ2v) is 4.52. The van der Waals surface area contributed by atoms with Crippen LogP contribution in [-0.2, 0) is 0 Å². The first kappa shape index (κ1) is 12.4. The van der Waals surface area contributed by atoms with Crippen LogP contribution in [0.25, 0.3) is 0 Å². The Hall–Kier alpha value is -0.630. The molecule has 0 fully saturated rings. The summed E-state index contributed by atoms with van der Waals surface area (Å²) in [5, 5.41) is 9.72. The van der Waals surface area contributed by atoms with Gasteiger partial charge < -0.3 is 5.11 Å². The van der Waals surface area contributed by atoms with Crippen molar-refractivity contribution in [3.05, 3.63) is 35.6 Å². The van der Waals surface area contributed by atoms with Gasteiger partial charge in [-0.05, 0) is 33.3 Å². The quantitative estimate of drug-likeness (QED) is 0.403. The lowest BCUT2D eigenvalue weighted by Gasteiger charge is -2.20. The Morgan fingerprint density at radius 1 is 1.38 bits per heavy atom. The first-order chi connectivity index (χ1) is 5.81. The second kappa shape index (κ2) is 4.56. The van der Waals surface area contributed by atoms with E-state index < -0.39 is 4.75 Å². The molecule has 0 radical (unpaired) electrons. The molecule has 0 amide bonds. The van der Waals surface area contributed by atoms with Crippen LogP contribution in [0.5, 0.6) is 0 Å². The van der Waals surface area contributed by atoms with Gasteiger partial charge in [-0.2, -0.15) is 12.6 Å². The zero-order valence-corrected chi connectivity index (χ0v) is 9.65. The van der Waals surface area contributed by atoms with E-state index in [0.717, 1.165) is 11.1 Å². The zero-order chi connectivity index (χ0) is 10.6. The first-order valence-corrected chi connectivity index (χ1v) is 4.67. The number of aliphatic hydroxyl groups is 1. The van der Waals surface area contributed by atoms with Crippen LogP contribution in [-0.4, -0.2) is 9.85 Å². The predicted octanol–water partition coefficient (Wildman–Crippen LogP) is 3.66. The number of allylic oxidation sites excluding steroid dienone is 3. The van der Waals surface area contributed by atoms with Gasteiger partial charge in [-0.3, -0.25) is 0 Å². The molecule has 2 heteroatoms. The Morgan fingerprint density at radius 3 is 2.15 bits per heavy atom. The number of hydrogen-bond donors (Lipinski definition) is 2. The van der Waals surface area contributed by atoms with Crippen LogP contribution < -0.4 is 0 Å². The second-order valence-electron chi connectivity index (χ2n) is 3.59. The minimum atomic E-state index is -0.600.